The molecule has 0 fully saturated rings. The molecule has 0 N–H and O–H groups in total. The van der Waals surface area contributed by atoms with Crippen LogP contribution in [0.4, 0.5) is 0 Å². The van der Waals surface area contributed by atoms with Gasteiger partial charge in [0.2, 0.25) is 0 Å². The fourth-order valence-electron chi connectivity index (χ4n) is 4.28. The van der Waals surface area contributed by atoms with Crippen LogP contribution in [0, 0.1) is 0 Å². The minimum Gasteiger partial charge on any atom is -0.382 e. The molecule has 8 heteroatoms. The molecule has 276 valence electrons. The molecule has 0 atom stereocenters. The maximum atomic E-state index is 10.1. The zero-order valence-electron chi connectivity index (χ0n) is 31.6. The Bertz CT molecular complexity index is 477. The summed E-state index contributed by atoms with van der Waals surface area (Å²) in [4.78, 5) is 20.2. The number of carbonyl (C=O) groups is 2. The summed E-state index contributed by atoms with van der Waals surface area (Å²) in [5.41, 5.74) is 0. The molecule has 7 nitrogen and oxygen atoms in total. The van der Waals surface area contributed by atoms with Crippen LogP contribution in [0.25, 0.3) is 0 Å². The predicted molar refractivity (Wildman–Crippen MR) is 193 cm³/mol. The Kier molecular flexibility index (Phi) is 61.6. The predicted octanol–water partition coefficient (Wildman–Crippen LogP) is 8.74. The number of ether oxygens (including phenoxy) is 3. The van der Waals surface area contributed by atoms with Crippen LogP contribution in [0.5, 0.6) is 0 Å². The summed E-state index contributed by atoms with van der Waals surface area (Å²) in [6.45, 7) is 11.6. The molecule has 0 unspecified atom stereocenters. The monoisotopic (exact) mass is 766 g/mol. The van der Waals surface area contributed by atoms with E-state index in [0.29, 0.717) is 26.4 Å². The number of rotatable bonds is 32. The van der Waals surface area contributed by atoms with E-state index in [0.717, 1.165) is 25.7 Å². The molecule has 0 aromatic carbocycles. The summed E-state index contributed by atoms with van der Waals surface area (Å²) in [6.07, 6.45) is 28.2. The second-order valence-corrected chi connectivity index (χ2v) is 16.2. The van der Waals surface area contributed by atoms with E-state index in [2.05, 4.69) is 27.7 Å². The van der Waals surface area contributed by atoms with Gasteiger partial charge in [-0.1, -0.05) is 117 Å². The summed E-state index contributed by atoms with van der Waals surface area (Å²) < 4.78 is 17.8. The topological polar surface area (TPSA) is 108 Å². The van der Waals surface area contributed by atoms with Crippen LogP contribution in [-0.2, 0) is 23.8 Å². The van der Waals surface area contributed by atoms with Crippen molar-refractivity contribution in [2.45, 2.75) is 191 Å². The second-order valence-electron chi connectivity index (χ2n) is 12.0. The number of unbranched alkanes of at least 4 members (excludes halogenated alkanes) is 18. The number of hydrogen-bond acceptors (Lipinski definition) is 7. The maximum absolute atomic E-state index is 10.1. The fraction of sp³-hybridized carbons (Fsp3) is 0.947. The summed E-state index contributed by atoms with van der Waals surface area (Å²) in [7, 11) is 3.30. The quantitative estimate of drug-likeness (QED) is 0.0498. The Morgan fingerprint density at radius 2 is 0.717 bits per heavy atom. The largest absolute Gasteiger partial charge is 0.382 e. The third-order valence-electron chi connectivity index (χ3n) is 7.25. The average Bonchev–Trinajstić information content (AvgIpc) is 3.04. The smallest absolute Gasteiger partial charge is 0.0701 e. The van der Waals surface area contributed by atoms with E-state index < -0.39 is 11.9 Å². The molecule has 0 heterocycles. The number of carbonyl (C=O) groups excluding carboxylic acids is 2. The van der Waals surface area contributed by atoms with Crippen molar-refractivity contribution in [3.63, 3.8) is 0 Å². The van der Waals surface area contributed by atoms with Crippen LogP contribution < -0.4 is 10.2 Å². The molecule has 46 heavy (non-hydrogen) atoms. The first-order valence-corrected chi connectivity index (χ1v) is 23.1. The zero-order valence-corrected chi connectivity index (χ0v) is 34.4. The van der Waals surface area contributed by atoms with Gasteiger partial charge in [-0.15, -0.1) is 0 Å². The number of methoxy groups -OCH3 is 2. The molecule has 0 aromatic rings. The van der Waals surface area contributed by atoms with Gasteiger partial charge in [0.25, 0.3) is 0 Å². The Labute approximate surface area is 297 Å². The number of aliphatic carboxylic acids is 2. The third kappa shape index (κ3) is 70.1. The molecule has 0 aliphatic heterocycles. The van der Waals surface area contributed by atoms with Crippen LogP contribution in [0.3, 0.4) is 0 Å². The van der Waals surface area contributed by atoms with Gasteiger partial charge >= 0.3 is 69.5 Å². The summed E-state index contributed by atoms with van der Waals surface area (Å²) >= 11 is 0.149. The van der Waals surface area contributed by atoms with E-state index in [1.807, 2.05) is 0 Å². The fourth-order valence-corrected chi connectivity index (χ4v) is 8.43. The molecule has 0 aromatic heterocycles. The summed E-state index contributed by atoms with van der Waals surface area (Å²) in [5, 5.41) is 20.2. The maximum Gasteiger partial charge on any atom is 0.0701 e. The van der Waals surface area contributed by atoms with Gasteiger partial charge in [0.1, 0.15) is 0 Å². The van der Waals surface area contributed by atoms with E-state index in [9.17, 15) is 19.8 Å². The molecular formula is C38H78O7Sn. The van der Waals surface area contributed by atoms with E-state index >= 15 is 0 Å². The van der Waals surface area contributed by atoms with Crippen molar-refractivity contribution in [2.75, 3.05) is 40.6 Å². The number of carboxylic acids is 2. The van der Waals surface area contributed by atoms with Gasteiger partial charge in [-0.05, 0) is 25.7 Å². The van der Waals surface area contributed by atoms with E-state index in [1.54, 1.807) is 23.1 Å². The van der Waals surface area contributed by atoms with Gasteiger partial charge in [0.15, 0.2) is 0 Å². The standard InChI is InChI=1S/2C12H24O2.C6H14O3.2C4H9.Sn/c2*1-2-3-4-5-6-7-8-9-10-11-12(13)14;1-7-3-5-9-6-4-8-2;2*1-3-4-2;/h2*2-11H2,1H3,(H,13,14);3-6H2,1-2H3;2*1,3-4H2,2H3;/q;;;;;+2/p-2. The van der Waals surface area contributed by atoms with E-state index in [-0.39, 0.29) is 34.0 Å². The molecule has 0 radical (unpaired) electrons. The van der Waals surface area contributed by atoms with Crippen molar-refractivity contribution in [1.29, 1.82) is 0 Å². The van der Waals surface area contributed by atoms with Gasteiger partial charge < -0.3 is 34.0 Å². The molecule has 0 saturated carbocycles. The SMILES string of the molecule is CCCCCCCCCCCC(=O)[O-].CCCCCCCCCCCC(=O)[O-].CCC[CH2][Sn+2][CH2]CCC.COCCOCCOC. The average molecular weight is 766 g/mol. The van der Waals surface area contributed by atoms with Crippen LogP contribution in [0.2, 0.25) is 8.87 Å². The number of hydrogen-bond donors (Lipinski definition) is 0. The first kappa shape index (κ1) is 52.4. The number of carboxylic acid groups (broad SMARTS) is 2. The third-order valence-corrected chi connectivity index (χ3v) is 11.3. The minimum absolute atomic E-state index is 0.149. The summed E-state index contributed by atoms with van der Waals surface area (Å²) in [5.74, 6) is -1.82. The molecule has 0 amide bonds. The van der Waals surface area contributed by atoms with Crippen molar-refractivity contribution in [3.05, 3.63) is 0 Å². The van der Waals surface area contributed by atoms with Crippen molar-refractivity contribution in [1.82, 2.24) is 0 Å². The normalized spacial score (nSPS) is 10.0. The molecular weight excluding hydrogens is 687 g/mol. The van der Waals surface area contributed by atoms with Crippen molar-refractivity contribution in [3.8, 4) is 0 Å². The molecule has 0 aliphatic rings. The van der Waals surface area contributed by atoms with Gasteiger partial charge in [-0.3, -0.25) is 0 Å². The molecule has 0 rings (SSSR count). The van der Waals surface area contributed by atoms with Crippen LogP contribution >= 0.6 is 0 Å². The Morgan fingerprint density at radius 1 is 0.435 bits per heavy atom. The molecule has 0 aliphatic carbocycles. The summed E-state index contributed by atoms with van der Waals surface area (Å²) in [6, 6.07) is 0. The van der Waals surface area contributed by atoms with Crippen molar-refractivity contribution >= 4 is 33.1 Å². The van der Waals surface area contributed by atoms with E-state index in [4.69, 9.17) is 14.2 Å². The first-order valence-electron chi connectivity index (χ1n) is 19.0. The van der Waals surface area contributed by atoms with E-state index in [1.165, 1.54) is 116 Å². The van der Waals surface area contributed by atoms with Gasteiger partial charge in [0, 0.05) is 26.2 Å². The Morgan fingerprint density at radius 3 is 0.978 bits per heavy atom. The zero-order chi connectivity index (χ0) is 35.2. The van der Waals surface area contributed by atoms with Crippen LogP contribution in [0.15, 0.2) is 0 Å². The molecule has 0 bridgehead atoms. The van der Waals surface area contributed by atoms with Gasteiger partial charge in [0.05, 0.1) is 26.4 Å². The van der Waals surface area contributed by atoms with Crippen LogP contribution in [-0.4, -0.2) is 73.7 Å². The minimum atomic E-state index is -0.909. The first-order chi connectivity index (χ1) is 22.4. The van der Waals surface area contributed by atoms with Gasteiger partial charge in [-0.25, -0.2) is 0 Å². The van der Waals surface area contributed by atoms with Crippen LogP contribution in [0.1, 0.15) is 182 Å². The second kappa shape index (κ2) is 54.1. The van der Waals surface area contributed by atoms with Gasteiger partial charge in [-0.2, -0.15) is 0 Å². The Balaban J connectivity index is -0.000000261. The Hall–Kier alpha value is -0.381. The van der Waals surface area contributed by atoms with Crippen molar-refractivity contribution in [2.24, 2.45) is 0 Å². The molecule has 0 spiro atoms. The van der Waals surface area contributed by atoms with Crippen molar-refractivity contribution < 1.29 is 34.0 Å². The molecule has 0 saturated heterocycles.